The van der Waals surface area contributed by atoms with E-state index < -0.39 is 0 Å². The zero-order valence-corrected chi connectivity index (χ0v) is 10.7. The predicted molar refractivity (Wildman–Crippen MR) is 69.8 cm³/mol. The van der Waals surface area contributed by atoms with Crippen molar-refractivity contribution in [3.8, 4) is 0 Å². The highest BCUT2D eigenvalue weighted by atomic mass is 16.5. The first-order valence-corrected chi connectivity index (χ1v) is 6.24. The fourth-order valence-corrected chi connectivity index (χ4v) is 2.57. The molecule has 0 bridgehead atoms. The van der Waals surface area contributed by atoms with Crippen LogP contribution in [0.5, 0.6) is 0 Å². The summed E-state index contributed by atoms with van der Waals surface area (Å²) in [6, 6.07) is 10.8. The minimum atomic E-state index is 0.0537. The monoisotopic (exact) mass is 234 g/mol. The normalized spacial score (nSPS) is 22.3. The quantitative estimate of drug-likeness (QED) is 0.866. The Morgan fingerprint density at radius 2 is 2.06 bits per heavy atom. The number of morpholine rings is 1. The topological polar surface area (TPSA) is 38.5 Å². The molecule has 17 heavy (non-hydrogen) atoms. The zero-order valence-electron chi connectivity index (χ0n) is 10.7. The van der Waals surface area contributed by atoms with Crippen LogP contribution in [-0.2, 0) is 4.74 Å². The smallest absolute Gasteiger partial charge is 0.0645 e. The largest absolute Gasteiger partial charge is 0.378 e. The lowest BCUT2D eigenvalue weighted by molar-refractivity contribution is -0.0712. The Hall–Kier alpha value is -0.900. The Labute approximate surface area is 104 Å². The molecule has 2 rings (SSSR count). The Morgan fingerprint density at radius 3 is 2.65 bits per heavy atom. The van der Waals surface area contributed by atoms with E-state index in [0.717, 1.165) is 19.8 Å². The number of ether oxygens (including phenoxy) is 1. The summed E-state index contributed by atoms with van der Waals surface area (Å²) in [5.74, 6) is 0. The van der Waals surface area contributed by atoms with Crippen LogP contribution in [0.15, 0.2) is 30.3 Å². The van der Waals surface area contributed by atoms with E-state index in [1.54, 1.807) is 0 Å². The second-order valence-corrected chi connectivity index (χ2v) is 5.22. The summed E-state index contributed by atoms with van der Waals surface area (Å²) in [4.78, 5) is 2.46. The molecule has 0 amide bonds. The fourth-order valence-electron chi connectivity index (χ4n) is 2.57. The molecule has 1 aromatic carbocycles. The minimum Gasteiger partial charge on any atom is -0.378 e. The van der Waals surface area contributed by atoms with Crippen molar-refractivity contribution < 1.29 is 4.74 Å². The number of rotatable bonds is 3. The van der Waals surface area contributed by atoms with Crippen molar-refractivity contribution in [2.75, 3.05) is 26.3 Å². The predicted octanol–water partition coefficient (Wildman–Crippen LogP) is 1.80. The lowest BCUT2D eigenvalue weighted by atomic mass is 9.96. The van der Waals surface area contributed by atoms with Crippen LogP contribution in [0.4, 0.5) is 0 Å². The zero-order chi connectivity index (χ0) is 12.3. The summed E-state index contributed by atoms with van der Waals surface area (Å²) < 4.78 is 5.56. The summed E-state index contributed by atoms with van der Waals surface area (Å²) in [6.07, 6.45) is 0. The first-order chi connectivity index (χ1) is 8.15. The van der Waals surface area contributed by atoms with Gasteiger partial charge in [-0.1, -0.05) is 30.3 Å². The van der Waals surface area contributed by atoms with Gasteiger partial charge in [0.15, 0.2) is 0 Å². The summed E-state index contributed by atoms with van der Waals surface area (Å²) in [7, 11) is 0. The van der Waals surface area contributed by atoms with E-state index in [-0.39, 0.29) is 11.6 Å². The summed E-state index contributed by atoms with van der Waals surface area (Å²) in [5, 5.41) is 0. The molecule has 1 atom stereocenters. The van der Waals surface area contributed by atoms with Gasteiger partial charge in [0, 0.05) is 24.7 Å². The maximum atomic E-state index is 5.97. The second-order valence-electron chi connectivity index (χ2n) is 5.22. The van der Waals surface area contributed by atoms with Crippen molar-refractivity contribution in [1.82, 2.24) is 4.90 Å². The molecule has 1 fully saturated rings. The molecule has 0 aromatic heterocycles. The summed E-state index contributed by atoms with van der Waals surface area (Å²) in [6.45, 7) is 7.61. The molecule has 1 heterocycles. The lowest BCUT2D eigenvalue weighted by Crippen LogP contribution is -2.55. The van der Waals surface area contributed by atoms with Gasteiger partial charge in [-0.15, -0.1) is 0 Å². The van der Waals surface area contributed by atoms with Crippen LogP contribution in [0.1, 0.15) is 25.5 Å². The van der Waals surface area contributed by atoms with Crippen LogP contribution in [0.2, 0.25) is 0 Å². The molecule has 3 nitrogen and oxygen atoms in total. The first kappa shape index (κ1) is 12.6. The molecule has 1 aromatic rings. The molecule has 1 saturated heterocycles. The molecule has 0 radical (unpaired) electrons. The number of nitrogens with two attached hydrogens (primary N) is 1. The highest BCUT2D eigenvalue weighted by molar-refractivity contribution is 5.20. The van der Waals surface area contributed by atoms with Crippen LogP contribution in [0.3, 0.4) is 0 Å². The van der Waals surface area contributed by atoms with E-state index >= 15 is 0 Å². The van der Waals surface area contributed by atoms with Gasteiger partial charge in [0.25, 0.3) is 0 Å². The van der Waals surface area contributed by atoms with Crippen LogP contribution in [0, 0.1) is 0 Å². The van der Waals surface area contributed by atoms with Gasteiger partial charge in [-0.2, -0.15) is 0 Å². The van der Waals surface area contributed by atoms with E-state index in [9.17, 15) is 0 Å². The minimum absolute atomic E-state index is 0.0537. The molecule has 1 unspecified atom stereocenters. The molecule has 1 aliphatic rings. The maximum absolute atomic E-state index is 5.97. The highest BCUT2D eigenvalue weighted by Gasteiger charge is 2.35. The van der Waals surface area contributed by atoms with Gasteiger partial charge in [-0.3, -0.25) is 4.90 Å². The number of nitrogens with zero attached hydrogens (tertiary/aromatic N) is 1. The molecular weight excluding hydrogens is 212 g/mol. The third-order valence-electron chi connectivity index (χ3n) is 3.49. The fraction of sp³-hybridized carbons (Fsp3) is 0.571. The first-order valence-electron chi connectivity index (χ1n) is 6.24. The molecule has 0 saturated carbocycles. The third-order valence-corrected chi connectivity index (χ3v) is 3.49. The van der Waals surface area contributed by atoms with Gasteiger partial charge in [-0.05, 0) is 19.4 Å². The van der Waals surface area contributed by atoms with Gasteiger partial charge in [-0.25, -0.2) is 0 Å². The Balaban J connectivity index is 2.23. The number of hydrogen-bond donors (Lipinski definition) is 1. The van der Waals surface area contributed by atoms with Gasteiger partial charge in [0.1, 0.15) is 0 Å². The van der Waals surface area contributed by atoms with E-state index in [4.69, 9.17) is 10.5 Å². The molecule has 0 aliphatic carbocycles. The van der Waals surface area contributed by atoms with Crippen molar-refractivity contribution in [2.24, 2.45) is 5.73 Å². The third kappa shape index (κ3) is 2.68. The molecule has 0 spiro atoms. The Morgan fingerprint density at radius 1 is 1.35 bits per heavy atom. The summed E-state index contributed by atoms with van der Waals surface area (Å²) >= 11 is 0. The standard InChI is InChI=1S/C14H22N2O/c1-14(2)11-17-9-8-16(14)13(10-15)12-6-4-3-5-7-12/h3-7,13H,8-11,15H2,1-2H3. The molecular formula is C14H22N2O. The van der Waals surface area contributed by atoms with Crippen LogP contribution in [0.25, 0.3) is 0 Å². The van der Waals surface area contributed by atoms with Crippen LogP contribution >= 0.6 is 0 Å². The van der Waals surface area contributed by atoms with Gasteiger partial charge in [0.2, 0.25) is 0 Å². The van der Waals surface area contributed by atoms with Crippen LogP contribution < -0.4 is 5.73 Å². The molecule has 2 N–H and O–H groups in total. The second kappa shape index (κ2) is 5.17. The van der Waals surface area contributed by atoms with E-state index in [2.05, 4.69) is 43.0 Å². The van der Waals surface area contributed by atoms with Crippen LogP contribution in [-0.4, -0.2) is 36.7 Å². The van der Waals surface area contributed by atoms with Gasteiger partial charge in [0.05, 0.1) is 13.2 Å². The highest BCUT2D eigenvalue weighted by Crippen LogP contribution is 2.29. The summed E-state index contributed by atoms with van der Waals surface area (Å²) in [5.41, 5.74) is 7.32. The van der Waals surface area contributed by atoms with Crippen molar-refractivity contribution >= 4 is 0 Å². The van der Waals surface area contributed by atoms with E-state index in [1.165, 1.54) is 5.56 Å². The van der Waals surface area contributed by atoms with E-state index in [1.807, 2.05) is 6.07 Å². The Bertz CT molecular complexity index is 350. The van der Waals surface area contributed by atoms with Crippen molar-refractivity contribution in [3.63, 3.8) is 0 Å². The molecule has 1 aliphatic heterocycles. The van der Waals surface area contributed by atoms with Crippen molar-refractivity contribution in [1.29, 1.82) is 0 Å². The average molecular weight is 234 g/mol. The van der Waals surface area contributed by atoms with Crippen molar-refractivity contribution in [3.05, 3.63) is 35.9 Å². The number of benzene rings is 1. The maximum Gasteiger partial charge on any atom is 0.0645 e. The van der Waals surface area contributed by atoms with Crippen molar-refractivity contribution in [2.45, 2.75) is 25.4 Å². The Kier molecular flexibility index (Phi) is 3.82. The average Bonchev–Trinajstić information content (AvgIpc) is 2.33. The molecule has 3 heteroatoms. The number of hydrogen-bond acceptors (Lipinski definition) is 3. The lowest BCUT2D eigenvalue weighted by Gasteiger charge is -2.46. The van der Waals surface area contributed by atoms with E-state index in [0.29, 0.717) is 6.54 Å². The van der Waals surface area contributed by atoms with Gasteiger partial charge < -0.3 is 10.5 Å². The van der Waals surface area contributed by atoms with Gasteiger partial charge >= 0.3 is 0 Å². The molecule has 94 valence electrons. The SMILES string of the molecule is CC1(C)COCCN1C(CN)c1ccccc1.